The first-order valence-electron chi connectivity index (χ1n) is 32.3. The average molecular weight is 1570 g/mol. The average Bonchev–Trinajstić information content (AvgIpc) is 1.66. The van der Waals surface area contributed by atoms with E-state index in [0.717, 1.165) is 27.3 Å². The molecule has 0 aliphatic carbocycles. The van der Waals surface area contributed by atoms with Crippen LogP contribution in [0.3, 0.4) is 0 Å². The Morgan fingerprint density at radius 3 is 1.25 bits per heavy atom. The summed E-state index contributed by atoms with van der Waals surface area (Å²) in [6.45, 7) is 43.0. The van der Waals surface area contributed by atoms with Crippen LogP contribution in [0.25, 0.3) is 24.2 Å². The van der Waals surface area contributed by atoms with Gasteiger partial charge in [0.05, 0.1) is 58.0 Å². The van der Waals surface area contributed by atoms with Crippen molar-refractivity contribution in [1.82, 2.24) is 33.3 Å². The van der Waals surface area contributed by atoms with Gasteiger partial charge in [-0.1, -0.05) is 6.92 Å². The third kappa shape index (κ3) is 27.8. The molecule has 42 heteroatoms. The highest BCUT2D eigenvalue weighted by Gasteiger charge is 2.52. The Balaban J connectivity index is 0.000000349. The second-order valence-electron chi connectivity index (χ2n) is 23.1. The minimum atomic E-state index is -3.88. The maximum atomic E-state index is 13.7. The molecule has 1 unspecified atom stereocenters. The Morgan fingerprint density at radius 2 is 0.874 bits per heavy atom. The Morgan fingerprint density at radius 1 is 0.534 bits per heavy atom. The number of ether oxygens (including phenoxy) is 9. The largest absolute Gasteiger partial charge is 0.389 e. The molecule has 6 heterocycles. The summed E-state index contributed by atoms with van der Waals surface area (Å²) in [5.74, 6) is 0.494. The molecule has 3 aliphatic heterocycles. The molecule has 103 heavy (non-hydrogen) atoms. The zero-order valence-electron chi connectivity index (χ0n) is 59.2. The van der Waals surface area contributed by atoms with Crippen LogP contribution in [0.2, 0.25) is 0 Å². The topological polar surface area (TPSA) is 382 Å². The fourth-order valence-corrected chi connectivity index (χ4v) is 18.8. The highest BCUT2D eigenvalue weighted by molar-refractivity contribution is 8.55. The van der Waals surface area contributed by atoms with Crippen LogP contribution in [0.1, 0.15) is 70.0 Å². The zero-order valence-corrected chi connectivity index (χ0v) is 64.4. The van der Waals surface area contributed by atoms with Gasteiger partial charge in [-0.3, -0.25) is 61.1 Å². The van der Waals surface area contributed by atoms with E-state index in [1.54, 1.807) is 21.0 Å². The number of methoxy groups -OCH3 is 3. The minimum Gasteiger partial charge on any atom is -0.387 e. The summed E-state index contributed by atoms with van der Waals surface area (Å²) in [6, 6.07) is -0.0477. The smallest absolute Gasteiger partial charge is 0.387 e. The van der Waals surface area contributed by atoms with E-state index in [-0.39, 0.29) is 145 Å². The summed E-state index contributed by atoms with van der Waals surface area (Å²) in [5.41, 5.74) is -2.48. The van der Waals surface area contributed by atoms with Gasteiger partial charge in [0, 0.05) is 91.9 Å². The number of hydrogen-bond acceptors (Lipinski definition) is 28. The van der Waals surface area contributed by atoms with Crippen molar-refractivity contribution in [3.8, 4) is 0 Å². The summed E-state index contributed by atoms with van der Waals surface area (Å²) in [5, 5.41) is 10.9. The molecule has 4 N–H and O–H groups in total. The molecule has 0 aromatic carbocycles. The van der Waals surface area contributed by atoms with Crippen LogP contribution in [-0.2, 0) is 78.9 Å². The van der Waals surface area contributed by atoms with Crippen molar-refractivity contribution in [2.75, 3.05) is 144 Å². The predicted molar refractivity (Wildman–Crippen MR) is 385 cm³/mol. The molecule has 0 bridgehead atoms. The molecule has 13 atom stereocenters. The lowest BCUT2D eigenvalue weighted by atomic mass is 10.0. The van der Waals surface area contributed by atoms with Gasteiger partial charge in [-0.05, 0) is 71.2 Å². The Kier molecular flexibility index (Phi) is 40.9. The number of nitrogens with zero attached hydrogens (tertiary/aromatic N) is 9. The monoisotopic (exact) mass is 1570 g/mol. The fourth-order valence-electron chi connectivity index (χ4n) is 10.0. The Labute approximate surface area is 611 Å². The van der Waals surface area contributed by atoms with Gasteiger partial charge in [0.2, 0.25) is 32.7 Å². The van der Waals surface area contributed by atoms with E-state index in [1.165, 1.54) is 48.9 Å². The van der Waals surface area contributed by atoms with Crippen LogP contribution in [0.4, 0.5) is 0 Å². The molecule has 3 fully saturated rings. The fraction of sp³-hybridized carbons (Fsp3) is 0.721. The lowest BCUT2D eigenvalue weighted by Gasteiger charge is -2.38. The number of rotatable bonds is 42. The number of nitrogens with one attached hydrogen (secondary N) is 3. The van der Waals surface area contributed by atoms with E-state index in [9.17, 15) is 43.0 Å². The number of hydrogen-bond donors (Lipinski definition) is 5. The quantitative estimate of drug-likeness (QED) is 0.0207. The van der Waals surface area contributed by atoms with E-state index in [1.807, 2.05) is 39.3 Å². The van der Waals surface area contributed by atoms with Gasteiger partial charge < -0.3 is 81.0 Å². The maximum absolute atomic E-state index is 13.7. The number of aromatic amines is 3. The van der Waals surface area contributed by atoms with Gasteiger partial charge in [-0.2, -0.15) is 12.6 Å². The van der Waals surface area contributed by atoms with Crippen LogP contribution in [0, 0.1) is 59.5 Å². The molecule has 6 rings (SSSR count). The summed E-state index contributed by atoms with van der Waals surface area (Å²) in [7, 11) is 2.78. The van der Waals surface area contributed by atoms with Crippen molar-refractivity contribution in [2.45, 2.75) is 135 Å². The highest BCUT2D eigenvalue weighted by Crippen LogP contribution is 2.63. The van der Waals surface area contributed by atoms with E-state index in [4.69, 9.17) is 103 Å². The van der Waals surface area contributed by atoms with Gasteiger partial charge in [0.15, 0.2) is 18.7 Å². The number of aryl methyl sites for hydroxylation is 3. The lowest BCUT2D eigenvalue weighted by Crippen LogP contribution is -2.42. The molecule has 3 aromatic heterocycles. The maximum Gasteiger partial charge on any atom is 0.389 e. The molecule has 3 aromatic rings. The molecule has 574 valence electrons. The molecule has 0 amide bonds. The van der Waals surface area contributed by atoms with Gasteiger partial charge >= 0.3 is 30.7 Å². The highest BCUT2D eigenvalue weighted by atomic mass is 32.7. The number of aliphatic hydroxyl groups excluding tert-OH is 1. The third-order valence-corrected chi connectivity index (χ3v) is 25.1. The van der Waals surface area contributed by atoms with Crippen LogP contribution in [0.5, 0.6) is 0 Å². The van der Waals surface area contributed by atoms with Crippen LogP contribution < -0.4 is 33.7 Å². The van der Waals surface area contributed by atoms with Gasteiger partial charge in [-0.25, -0.2) is 61.0 Å². The van der Waals surface area contributed by atoms with Crippen molar-refractivity contribution in [3.63, 3.8) is 0 Å². The molecule has 0 spiro atoms. The number of aliphatic hydroxyl groups is 1. The van der Waals surface area contributed by atoms with Crippen molar-refractivity contribution in [1.29, 1.82) is 0 Å². The van der Waals surface area contributed by atoms with Crippen molar-refractivity contribution in [2.24, 2.45) is 5.92 Å². The second kappa shape index (κ2) is 46.7. The number of aromatic nitrogens is 6. The normalized spacial score (nSPS) is 22.7. The van der Waals surface area contributed by atoms with Crippen LogP contribution in [0.15, 0.2) is 47.4 Å². The predicted octanol–water partition coefficient (Wildman–Crippen LogP) is 5.34. The SMILES string of the molecule is COCCO[C@@H]1[C@H](C)[C@@H](CS)O[C@H]1n1cc(C)c(=O)[nH]c1=O.[C-]#[N+]CCOP(=O)(OCC[N+]#[C-])SC[C@H]1O[C@@H](n2cc(C)c(=O)[nH]c2=O)[C@H](OCCOC)[C@@H]1O.[C-]#[N+]CCOP(O[C@H]1[C@@H](OCCOC)[C@H](n2cc(C)c(=O)[nH]c2=O)O[C@@H]1CSP(=O)(OCC[N+]#[C-])OCC[N+]#[C-])N(C(C)C)C(C)C. The number of thiol groups is 1. The second-order valence-corrected chi connectivity index (χ2v) is 33.1. The molecule has 0 saturated carbocycles. The molecule has 3 aliphatic rings. The van der Waals surface area contributed by atoms with E-state index < -0.39 is 111 Å². The molecule has 3 saturated heterocycles. The molecule has 0 radical (unpaired) electrons. The number of H-pyrrole nitrogens is 3. The zero-order chi connectivity index (χ0) is 76.4. The van der Waals surface area contributed by atoms with E-state index in [2.05, 4.69) is 51.8 Å². The first kappa shape index (κ1) is 90.1. The van der Waals surface area contributed by atoms with Crippen molar-refractivity contribution in [3.05, 3.63) is 155 Å². The van der Waals surface area contributed by atoms with E-state index in [0.29, 0.717) is 24.5 Å². The Hall–Kier alpha value is -5.25. The minimum absolute atomic E-state index is 0.0226. The van der Waals surface area contributed by atoms with Gasteiger partial charge in [-0.15, -0.1) is 0 Å². The summed E-state index contributed by atoms with van der Waals surface area (Å²) in [4.78, 5) is 95.9. The standard InChI is InChI=1S/C28H44N6O10P2S.C19H27N4O9PS.C14H22N2O5S/c1-20(2)34(21(3)4)45(40-13-10-29-6)44-24-23(19-47-46(37,41-14-11-30-7)42-15-12-31-8)43-27(25(24)39-17-16-38-9)33-18-22(5)26(35)32-28(33)36;1-13-11-23(19(26)22-17(13)25)18-16(29-10-9-28-4)15(24)14(32-18)12-34-33(27,30-7-5-20-2)31-8-6-21-3;1-8-6-16(14(18)15-12(8)17)13-11(20-5-4-19-3)9(2)10(7-22)21-13/h18,20-21,23-25,27H,10-17,19H2,1-5,9H3,(H,32,35,36);11,14-16,18,24H,5-10,12H2,1,4H3,(H,22,25,26);6,9-11,13,22H,4-5,7H2,1-3H3,(H,15,17,18)/t23-,24-,25-,27-,45?;14-,15-,16-,18-;9-,10-,11-,13-/m111/s1. The van der Waals surface area contributed by atoms with Crippen LogP contribution in [-0.4, -0.2) is 243 Å². The third-order valence-electron chi connectivity index (χ3n) is 15.0. The van der Waals surface area contributed by atoms with Gasteiger partial charge in [0.25, 0.3) is 25.2 Å². The van der Waals surface area contributed by atoms with E-state index >= 15 is 0 Å². The first-order chi connectivity index (χ1) is 49.2. The summed E-state index contributed by atoms with van der Waals surface area (Å²) >= 11 is 5.87. The van der Waals surface area contributed by atoms with Crippen molar-refractivity contribution >= 4 is 57.5 Å². The lowest BCUT2D eigenvalue weighted by molar-refractivity contribution is -0.0789. The Bertz CT molecular complexity index is 3760. The van der Waals surface area contributed by atoms with Crippen LogP contribution >= 0.6 is 57.5 Å². The molecule has 36 nitrogen and oxygen atoms in total. The first-order valence-corrected chi connectivity index (χ1v) is 40.4. The summed E-state index contributed by atoms with van der Waals surface area (Å²) < 4.78 is 118. The van der Waals surface area contributed by atoms with Gasteiger partial charge in [0.1, 0.15) is 63.6 Å². The molecular formula is C61H93N12O24P3S3. The molecular weight excluding hydrogens is 1470 g/mol. The van der Waals surface area contributed by atoms with Crippen molar-refractivity contribution < 1.29 is 84.0 Å². The summed E-state index contributed by atoms with van der Waals surface area (Å²) in [6.07, 6.45) is -4.93.